The van der Waals surface area contributed by atoms with Crippen LogP contribution in [-0.2, 0) is 21.2 Å². The van der Waals surface area contributed by atoms with Gasteiger partial charge in [0.25, 0.3) is 5.56 Å². The van der Waals surface area contributed by atoms with Gasteiger partial charge in [-0.05, 0) is 37.8 Å². The number of sulfone groups is 1. The van der Waals surface area contributed by atoms with Crippen LogP contribution < -0.4 is 10.9 Å². The predicted molar refractivity (Wildman–Crippen MR) is 79.8 cm³/mol. The van der Waals surface area contributed by atoms with Crippen molar-refractivity contribution < 1.29 is 13.2 Å². The van der Waals surface area contributed by atoms with E-state index in [-0.39, 0.29) is 41.9 Å². The Labute approximate surface area is 123 Å². The van der Waals surface area contributed by atoms with Crippen molar-refractivity contribution >= 4 is 15.7 Å². The van der Waals surface area contributed by atoms with Crippen LogP contribution in [0.3, 0.4) is 0 Å². The lowest BCUT2D eigenvalue weighted by Gasteiger charge is -2.10. The Hall–Kier alpha value is -1.63. The van der Waals surface area contributed by atoms with Gasteiger partial charge in [-0.1, -0.05) is 0 Å². The van der Waals surface area contributed by atoms with Crippen molar-refractivity contribution in [3.8, 4) is 0 Å². The molecule has 1 aliphatic rings. The Morgan fingerprint density at radius 1 is 1.43 bits per heavy atom. The fourth-order valence-electron chi connectivity index (χ4n) is 2.66. The second kappa shape index (κ2) is 6.01. The maximum Gasteiger partial charge on any atom is 0.253 e. The molecule has 1 saturated heterocycles. The average Bonchev–Trinajstić information content (AvgIpc) is 2.67. The number of aryl methyl sites for hydroxylation is 2. The molecule has 7 heteroatoms. The van der Waals surface area contributed by atoms with Gasteiger partial charge < -0.3 is 10.3 Å². The standard InChI is InChI=1S/C14H20N2O4S/c1-9-5-10(2)16-14(18)12(9)7-15-13(17)6-11-3-4-21(19,20)8-11/h5,11H,3-4,6-8H2,1-2H3,(H,15,17)(H,16,18)/t11-/m1/s1. The summed E-state index contributed by atoms with van der Waals surface area (Å²) in [5.41, 5.74) is 1.95. The summed E-state index contributed by atoms with van der Waals surface area (Å²) in [6, 6.07) is 1.85. The molecule has 116 valence electrons. The molecule has 0 saturated carbocycles. The topological polar surface area (TPSA) is 96.1 Å². The van der Waals surface area contributed by atoms with Gasteiger partial charge in [0.05, 0.1) is 11.5 Å². The first-order chi connectivity index (χ1) is 9.77. The number of aromatic nitrogens is 1. The van der Waals surface area contributed by atoms with E-state index >= 15 is 0 Å². The molecule has 0 aromatic carbocycles. The fourth-order valence-corrected chi connectivity index (χ4v) is 4.52. The van der Waals surface area contributed by atoms with Crippen molar-refractivity contribution in [3.63, 3.8) is 0 Å². The van der Waals surface area contributed by atoms with Crippen LogP contribution in [0, 0.1) is 19.8 Å². The minimum absolute atomic E-state index is 0.0879. The van der Waals surface area contributed by atoms with Crippen LogP contribution in [0.5, 0.6) is 0 Å². The first kappa shape index (κ1) is 15.8. The highest BCUT2D eigenvalue weighted by Crippen LogP contribution is 2.21. The number of aromatic amines is 1. The summed E-state index contributed by atoms with van der Waals surface area (Å²) in [5, 5.41) is 2.70. The minimum atomic E-state index is -2.96. The Balaban J connectivity index is 1.92. The van der Waals surface area contributed by atoms with E-state index in [0.717, 1.165) is 11.3 Å². The first-order valence-electron chi connectivity index (χ1n) is 6.93. The molecular weight excluding hydrogens is 292 g/mol. The highest BCUT2D eigenvalue weighted by molar-refractivity contribution is 7.91. The van der Waals surface area contributed by atoms with Gasteiger partial charge in [-0.3, -0.25) is 9.59 Å². The third-order valence-corrected chi connectivity index (χ3v) is 5.59. The highest BCUT2D eigenvalue weighted by atomic mass is 32.2. The molecule has 1 aliphatic heterocycles. The molecule has 0 bridgehead atoms. The number of hydrogen-bond acceptors (Lipinski definition) is 4. The quantitative estimate of drug-likeness (QED) is 0.843. The van der Waals surface area contributed by atoms with Gasteiger partial charge in [-0.15, -0.1) is 0 Å². The summed E-state index contributed by atoms with van der Waals surface area (Å²) >= 11 is 0. The van der Waals surface area contributed by atoms with Crippen LogP contribution in [0.1, 0.15) is 29.7 Å². The van der Waals surface area contributed by atoms with E-state index < -0.39 is 9.84 Å². The maximum absolute atomic E-state index is 11.9. The summed E-state index contributed by atoms with van der Waals surface area (Å²) in [7, 11) is -2.96. The largest absolute Gasteiger partial charge is 0.352 e. The van der Waals surface area contributed by atoms with Crippen LogP contribution in [0.2, 0.25) is 0 Å². The van der Waals surface area contributed by atoms with Gasteiger partial charge in [0.2, 0.25) is 5.91 Å². The van der Waals surface area contributed by atoms with Gasteiger partial charge in [0, 0.05) is 24.2 Å². The molecule has 0 radical (unpaired) electrons. The molecule has 1 aromatic rings. The number of rotatable bonds is 4. The highest BCUT2D eigenvalue weighted by Gasteiger charge is 2.29. The van der Waals surface area contributed by atoms with Gasteiger partial charge in [0.15, 0.2) is 9.84 Å². The lowest BCUT2D eigenvalue weighted by atomic mass is 10.0. The summed E-state index contributed by atoms with van der Waals surface area (Å²) in [4.78, 5) is 26.4. The number of carbonyl (C=O) groups is 1. The van der Waals surface area contributed by atoms with Crippen molar-refractivity contribution in [2.45, 2.75) is 33.2 Å². The van der Waals surface area contributed by atoms with Crippen LogP contribution in [0.4, 0.5) is 0 Å². The molecule has 21 heavy (non-hydrogen) atoms. The summed E-state index contributed by atoms with van der Waals surface area (Å²) in [6.07, 6.45) is 0.738. The number of H-pyrrole nitrogens is 1. The summed E-state index contributed by atoms with van der Waals surface area (Å²) in [5.74, 6) is -0.0597. The van der Waals surface area contributed by atoms with E-state index in [1.165, 1.54) is 0 Å². The molecule has 6 nitrogen and oxygen atoms in total. The molecular formula is C14H20N2O4S. The normalized spacial score (nSPS) is 20.4. The predicted octanol–water partition coefficient (Wildman–Crippen LogP) is 0.433. The van der Waals surface area contributed by atoms with Gasteiger partial charge in [0.1, 0.15) is 0 Å². The molecule has 1 fully saturated rings. The third-order valence-electron chi connectivity index (χ3n) is 3.76. The summed E-state index contributed by atoms with van der Waals surface area (Å²) < 4.78 is 22.7. The van der Waals surface area contributed by atoms with E-state index in [2.05, 4.69) is 10.3 Å². The minimum Gasteiger partial charge on any atom is -0.352 e. The third kappa shape index (κ3) is 4.17. The van der Waals surface area contributed by atoms with E-state index in [9.17, 15) is 18.0 Å². The zero-order valence-corrected chi connectivity index (χ0v) is 13.0. The molecule has 1 atom stereocenters. The molecule has 0 aliphatic carbocycles. The number of carbonyl (C=O) groups excluding carboxylic acids is 1. The Kier molecular flexibility index (Phi) is 4.51. The van der Waals surface area contributed by atoms with Gasteiger partial charge in [-0.2, -0.15) is 0 Å². The van der Waals surface area contributed by atoms with Crippen molar-refractivity contribution in [2.24, 2.45) is 5.92 Å². The number of pyridine rings is 1. The van der Waals surface area contributed by atoms with Crippen molar-refractivity contribution in [1.82, 2.24) is 10.3 Å². The van der Waals surface area contributed by atoms with Crippen molar-refractivity contribution in [1.29, 1.82) is 0 Å². The average molecular weight is 312 g/mol. The lowest BCUT2D eigenvalue weighted by Crippen LogP contribution is -2.29. The van der Waals surface area contributed by atoms with Crippen molar-refractivity contribution in [2.75, 3.05) is 11.5 Å². The van der Waals surface area contributed by atoms with E-state index in [1.807, 2.05) is 13.0 Å². The smallest absolute Gasteiger partial charge is 0.253 e. The molecule has 2 rings (SSSR count). The SMILES string of the molecule is Cc1cc(C)c(CNC(=O)C[C@H]2CCS(=O)(=O)C2)c(=O)[nH]1. The molecule has 0 unspecified atom stereocenters. The van der Waals surface area contributed by atoms with Crippen LogP contribution >= 0.6 is 0 Å². The van der Waals surface area contributed by atoms with Crippen LogP contribution in [0.15, 0.2) is 10.9 Å². The van der Waals surface area contributed by atoms with Gasteiger partial charge >= 0.3 is 0 Å². The number of hydrogen-bond donors (Lipinski definition) is 2. The number of nitrogens with one attached hydrogen (secondary N) is 2. The Morgan fingerprint density at radius 2 is 2.14 bits per heavy atom. The van der Waals surface area contributed by atoms with E-state index in [1.54, 1.807) is 6.92 Å². The Morgan fingerprint density at radius 3 is 2.71 bits per heavy atom. The van der Waals surface area contributed by atoms with E-state index in [0.29, 0.717) is 12.0 Å². The molecule has 1 amide bonds. The summed E-state index contributed by atoms with van der Waals surface area (Å²) in [6.45, 7) is 3.80. The van der Waals surface area contributed by atoms with Crippen LogP contribution in [-0.4, -0.2) is 30.8 Å². The monoisotopic (exact) mass is 312 g/mol. The molecule has 2 N–H and O–H groups in total. The fraction of sp³-hybridized carbons (Fsp3) is 0.571. The molecule has 1 aromatic heterocycles. The Bertz CT molecular complexity index is 706. The molecule has 2 heterocycles. The van der Waals surface area contributed by atoms with Crippen LogP contribution in [0.25, 0.3) is 0 Å². The maximum atomic E-state index is 11.9. The zero-order valence-electron chi connectivity index (χ0n) is 12.2. The van der Waals surface area contributed by atoms with E-state index in [4.69, 9.17) is 0 Å². The molecule has 0 spiro atoms. The van der Waals surface area contributed by atoms with Crippen molar-refractivity contribution in [3.05, 3.63) is 33.2 Å². The lowest BCUT2D eigenvalue weighted by molar-refractivity contribution is -0.122. The second-order valence-electron chi connectivity index (χ2n) is 5.69. The first-order valence-corrected chi connectivity index (χ1v) is 8.75. The number of amides is 1. The zero-order chi connectivity index (χ0) is 15.6. The van der Waals surface area contributed by atoms with Gasteiger partial charge in [-0.25, -0.2) is 8.42 Å². The second-order valence-corrected chi connectivity index (χ2v) is 7.92.